The second-order valence-corrected chi connectivity index (χ2v) is 6.89. The zero-order chi connectivity index (χ0) is 15.8. The van der Waals surface area contributed by atoms with Crippen LogP contribution in [0.15, 0.2) is 21.8 Å². The number of hydrogen-bond acceptors (Lipinski definition) is 3. The molecule has 0 amide bonds. The highest BCUT2D eigenvalue weighted by Gasteiger charge is 2.21. The maximum absolute atomic E-state index is 4.75. The van der Waals surface area contributed by atoms with E-state index in [-0.39, 0.29) is 0 Å². The number of rotatable bonds is 7. The van der Waals surface area contributed by atoms with Gasteiger partial charge in [-0.1, -0.05) is 13.8 Å². The predicted molar refractivity (Wildman–Crippen MR) is 96.9 cm³/mol. The molecular weight excluding hydrogens is 292 g/mol. The smallest absolute Gasteiger partial charge is 0.191 e. The van der Waals surface area contributed by atoms with Gasteiger partial charge in [-0.2, -0.15) is 11.3 Å². The van der Waals surface area contributed by atoms with E-state index in [1.165, 1.54) is 31.6 Å². The molecule has 5 heteroatoms. The van der Waals surface area contributed by atoms with Crippen LogP contribution in [0, 0.1) is 5.92 Å². The third kappa shape index (κ3) is 5.29. The first kappa shape index (κ1) is 17.3. The summed E-state index contributed by atoms with van der Waals surface area (Å²) in [6.45, 7) is 13.0. The molecule has 0 aliphatic carbocycles. The van der Waals surface area contributed by atoms with Crippen molar-refractivity contribution in [1.29, 1.82) is 0 Å². The van der Waals surface area contributed by atoms with Crippen molar-refractivity contribution in [2.75, 3.05) is 39.3 Å². The quantitative estimate of drug-likeness (QED) is 0.599. The minimum atomic E-state index is 0.476. The minimum absolute atomic E-state index is 0.476. The van der Waals surface area contributed by atoms with Crippen molar-refractivity contribution in [3.63, 3.8) is 0 Å². The molecule has 0 saturated carbocycles. The molecule has 2 N–H and O–H groups in total. The Balaban J connectivity index is 1.80. The van der Waals surface area contributed by atoms with Crippen LogP contribution in [0.4, 0.5) is 0 Å². The Hall–Kier alpha value is -1.07. The van der Waals surface area contributed by atoms with Crippen molar-refractivity contribution in [2.45, 2.75) is 33.1 Å². The molecule has 1 aromatic heterocycles. The molecular formula is C17H30N4S. The number of likely N-dealkylation sites (tertiary alicyclic amines) is 1. The standard InChI is InChI=1S/C17H30N4S/c1-4-18-17(19-10-14(3)16-7-9-22-13-16)20-11-15-6-8-21(5-2)12-15/h7,9,13-15H,4-6,8,10-12H2,1-3H3,(H2,18,19,20). The summed E-state index contributed by atoms with van der Waals surface area (Å²) < 4.78 is 0. The van der Waals surface area contributed by atoms with Gasteiger partial charge in [-0.25, -0.2) is 0 Å². The maximum Gasteiger partial charge on any atom is 0.191 e. The lowest BCUT2D eigenvalue weighted by Crippen LogP contribution is -2.40. The third-order valence-corrected chi connectivity index (χ3v) is 5.06. The first-order valence-corrected chi connectivity index (χ1v) is 9.43. The highest BCUT2D eigenvalue weighted by molar-refractivity contribution is 7.07. The summed E-state index contributed by atoms with van der Waals surface area (Å²) in [6, 6.07) is 2.20. The molecule has 0 aromatic carbocycles. The SMILES string of the molecule is CCNC(=NCC(C)c1ccsc1)NCC1CCN(CC)C1. The lowest BCUT2D eigenvalue weighted by atomic mass is 10.1. The van der Waals surface area contributed by atoms with E-state index in [4.69, 9.17) is 4.99 Å². The Bertz CT molecular complexity index is 444. The van der Waals surface area contributed by atoms with Gasteiger partial charge in [0, 0.05) is 32.1 Å². The van der Waals surface area contributed by atoms with Crippen LogP contribution < -0.4 is 10.6 Å². The van der Waals surface area contributed by atoms with Crippen LogP contribution in [-0.2, 0) is 0 Å². The van der Waals surface area contributed by atoms with E-state index < -0.39 is 0 Å². The van der Waals surface area contributed by atoms with Crippen LogP contribution in [0.5, 0.6) is 0 Å². The Morgan fingerprint density at radius 1 is 1.45 bits per heavy atom. The molecule has 1 aliphatic rings. The first-order chi connectivity index (χ1) is 10.7. The van der Waals surface area contributed by atoms with Gasteiger partial charge in [0.25, 0.3) is 0 Å². The molecule has 1 saturated heterocycles. The van der Waals surface area contributed by atoms with Crippen LogP contribution in [0.1, 0.15) is 38.7 Å². The van der Waals surface area contributed by atoms with Crippen molar-refractivity contribution >= 4 is 17.3 Å². The van der Waals surface area contributed by atoms with Crippen molar-refractivity contribution in [3.8, 4) is 0 Å². The van der Waals surface area contributed by atoms with Crippen molar-refractivity contribution in [3.05, 3.63) is 22.4 Å². The highest BCUT2D eigenvalue weighted by atomic mass is 32.1. The predicted octanol–water partition coefficient (Wildman–Crippen LogP) is 2.75. The average Bonchev–Trinajstić information content (AvgIpc) is 3.20. The molecule has 1 aromatic rings. The molecule has 22 heavy (non-hydrogen) atoms. The van der Waals surface area contributed by atoms with Crippen LogP contribution in [-0.4, -0.2) is 50.1 Å². The molecule has 1 aliphatic heterocycles. The average molecular weight is 323 g/mol. The molecule has 0 radical (unpaired) electrons. The van der Waals surface area contributed by atoms with E-state index in [9.17, 15) is 0 Å². The van der Waals surface area contributed by atoms with Crippen molar-refractivity contribution in [2.24, 2.45) is 10.9 Å². The second kappa shape index (κ2) is 9.16. The molecule has 1 fully saturated rings. The number of nitrogens with one attached hydrogen (secondary N) is 2. The molecule has 0 bridgehead atoms. The number of hydrogen-bond donors (Lipinski definition) is 2. The van der Waals surface area contributed by atoms with Crippen LogP contribution in [0.25, 0.3) is 0 Å². The summed E-state index contributed by atoms with van der Waals surface area (Å²) in [6.07, 6.45) is 1.30. The van der Waals surface area contributed by atoms with Crippen LogP contribution >= 0.6 is 11.3 Å². The Kier molecular flexibility index (Phi) is 7.19. The number of thiophene rings is 1. The van der Waals surface area contributed by atoms with Gasteiger partial charge in [-0.15, -0.1) is 0 Å². The van der Waals surface area contributed by atoms with Gasteiger partial charge in [0.1, 0.15) is 0 Å². The van der Waals surface area contributed by atoms with Crippen LogP contribution in [0.3, 0.4) is 0 Å². The van der Waals surface area contributed by atoms with E-state index in [1.54, 1.807) is 11.3 Å². The van der Waals surface area contributed by atoms with Gasteiger partial charge >= 0.3 is 0 Å². The minimum Gasteiger partial charge on any atom is -0.357 e. The van der Waals surface area contributed by atoms with E-state index in [0.717, 1.165) is 31.5 Å². The van der Waals surface area contributed by atoms with Gasteiger partial charge in [-0.05, 0) is 54.7 Å². The Labute approximate surface area is 139 Å². The fraction of sp³-hybridized carbons (Fsp3) is 0.706. The summed E-state index contributed by atoms with van der Waals surface area (Å²) in [5.41, 5.74) is 1.39. The van der Waals surface area contributed by atoms with E-state index in [2.05, 4.69) is 53.1 Å². The van der Waals surface area contributed by atoms with Gasteiger partial charge in [0.05, 0.1) is 0 Å². The van der Waals surface area contributed by atoms with Crippen LogP contribution in [0.2, 0.25) is 0 Å². The zero-order valence-electron chi connectivity index (χ0n) is 14.1. The fourth-order valence-corrected chi connectivity index (χ4v) is 3.62. The Morgan fingerprint density at radius 3 is 2.95 bits per heavy atom. The fourth-order valence-electron chi connectivity index (χ4n) is 2.84. The van der Waals surface area contributed by atoms with Crippen molar-refractivity contribution in [1.82, 2.24) is 15.5 Å². The summed E-state index contributed by atoms with van der Waals surface area (Å²) in [5, 5.41) is 11.2. The zero-order valence-corrected chi connectivity index (χ0v) is 15.0. The monoisotopic (exact) mass is 322 g/mol. The molecule has 2 atom stereocenters. The van der Waals surface area contributed by atoms with Gasteiger partial charge in [-0.3, -0.25) is 4.99 Å². The molecule has 124 valence electrons. The highest BCUT2D eigenvalue weighted by Crippen LogP contribution is 2.18. The normalized spacial score (nSPS) is 21.0. The largest absolute Gasteiger partial charge is 0.357 e. The van der Waals surface area contributed by atoms with E-state index >= 15 is 0 Å². The molecule has 0 spiro atoms. The lowest BCUT2D eigenvalue weighted by molar-refractivity contribution is 0.342. The van der Waals surface area contributed by atoms with Gasteiger partial charge in [0.2, 0.25) is 0 Å². The summed E-state index contributed by atoms with van der Waals surface area (Å²) in [4.78, 5) is 7.28. The van der Waals surface area contributed by atoms with E-state index in [1.807, 2.05) is 0 Å². The molecule has 2 rings (SSSR count). The Morgan fingerprint density at radius 2 is 2.32 bits per heavy atom. The van der Waals surface area contributed by atoms with Gasteiger partial charge in [0.15, 0.2) is 5.96 Å². The van der Waals surface area contributed by atoms with Crippen molar-refractivity contribution < 1.29 is 0 Å². The number of nitrogens with zero attached hydrogens (tertiary/aromatic N) is 2. The molecule has 4 nitrogen and oxygen atoms in total. The second-order valence-electron chi connectivity index (χ2n) is 6.11. The lowest BCUT2D eigenvalue weighted by Gasteiger charge is -2.17. The maximum atomic E-state index is 4.75. The summed E-state index contributed by atoms with van der Waals surface area (Å²) >= 11 is 1.76. The summed E-state index contributed by atoms with van der Waals surface area (Å²) in [5.74, 6) is 2.18. The van der Waals surface area contributed by atoms with E-state index in [0.29, 0.717) is 5.92 Å². The topological polar surface area (TPSA) is 39.7 Å². The third-order valence-electron chi connectivity index (χ3n) is 4.36. The number of guanidine groups is 1. The molecule has 2 unspecified atom stereocenters. The first-order valence-electron chi connectivity index (χ1n) is 8.49. The summed E-state index contributed by atoms with van der Waals surface area (Å²) in [7, 11) is 0. The molecule has 2 heterocycles. The number of aliphatic imine (C=N–C) groups is 1. The van der Waals surface area contributed by atoms with Gasteiger partial charge < -0.3 is 15.5 Å².